The second kappa shape index (κ2) is 7.23. The van der Waals surface area contributed by atoms with Crippen LogP contribution in [-0.4, -0.2) is 39.3 Å². The zero-order valence-electron chi connectivity index (χ0n) is 11.2. The Balaban J connectivity index is 1.74. The molecule has 0 aliphatic carbocycles. The summed E-state index contributed by atoms with van der Waals surface area (Å²) in [7, 11) is 1.67. The molecule has 104 valence electrons. The third-order valence-corrected chi connectivity index (χ3v) is 3.05. The van der Waals surface area contributed by atoms with Gasteiger partial charge in [0.15, 0.2) is 0 Å². The molecule has 0 saturated carbocycles. The van der Waals surface area contributed by atoms with Crippen molar-refractivity contribution in [3.63, 3.8) is 0 Å². The van der Waals surface area contributed by atoms with Gasteiger partial charge in [0, 0.05) is 32.3 Å². The molecule has 0 bridgehead atoms. The number of nitrogens with one attached hydrogen (secondary N) is 2. The summed E-state index contributed by atoms with van der Waals surface area (Å²) in [4.78, 5) is 11.9. The summed E-state index contributed by atoms with van der Waals surface area (Å²) < 4.78 is 10.3. The maximum atomic E-state index is 11.9. The van der Waals surface area contributed by atoms with Gasteiger partial charge >= 0.3 is 0 Å². The maximum absolute atomic E-state index is 11.9. The van der Waals surface area contributed by atoms with Crippen LogP contribution in [0.25, 0.3) is 0 Å². The Morgan fingerprint density at radius 1 is 1.26 bits per heavy atom. The first-order chi connectivity index (χ1) is 9.31. The quantitative estimate of drug-likeness (QED) is 0.711. The van der Waals surface area contributed by atoms with E-state index >= 15 is 0 Å². The molecule has 0 saturated heterocycles. The first kappa shape index (κ1) is 14.0. The molecule has 1 aliphatic heterocycles. The zero-order chi connectivity index (χ0) is 13.5. The minimum Gasteiger partial charge on any atom is -0.383 e. The molecule has 19 heavy (non-hydrogen) atoms. The number of rotatable bonds is 7. The van der Waals surface area contributed by atoms with Crippen molar-refractivity contribution in [2.75, 3.05) is 33.4 Å². The number of hydrogen-bond acceptors (Lipinski definition) is 4. The fraction of sp³-hybridized carbons (Fsp3) is 0.500. The number of benzene rings is 1. The molecule has 5 nitrogen and oxygen atoms in total. The molecule has 1 aliphatic rings. The summed E-state index contributed by atoms with van der Waals surface area (Å²) in [6.45, 7) is 4.08. The smallest absolute Gasteiger partial charge is 0.251 e. The lowest BCUT2D eigenvalue weighted by atomic mass is 10.1. The van der Waals surface area contributed by atoms with E-state index in [9.17, 15) is 4.79 Å². The predicted molar refractivity (Wildman–Crippen MR) is 72.0 cm³/mol. The first-order valence-electron chi connectivity index (χ1n) is 6.48. The van der Waals surface area contributed by atoms with Gasteiger partial charge in [0.1, 0.15) is 0 Å². The van der Waals surface area contributed by atoms with Gasteiger partial charge in [-0.05, 0) is 23.3 Å². The molecule has 0 unspecified atom stereocenters. The number of carbonyl (C=O) groups excluding carboxylic acids is 1. The maximum Gasteiger partial charge on any atom is 0.251 e. The minimum absolute atomic E-state index is 0.0387. The van der Waals surface area contributed by atoms with E-state index in [2.05, 4.69) is 10.6 Å². The summed E-state index contributed by atoms with van der Waals surface area (Å²) in [6.07, 6.45) is 0. The van der Waals surface area contributed by atoms with Crippen LogP contribution < -0.4 is 10.6 Å². The van der Waals surface area contributed by atoms with E-state index in [0.717, 1.165) is 18.7 Å². The monoisotopic (exact) mass is 264 g/mol. The van der Waals surface area contributed by atoms with E-state index in [-0.39, 0.29) is 5.91 Å². The van der Waals surface area contributed by atoms with Crippen LogP contribution in [0, 0.1) is 0 Å². The van der Waals surface area contributed by atoms with Crippen LogP contribution in [-0.2, 0) is 22.7 Å². The Hall–Kier alpha value is -1.43. The zero-order valence-corrected chi connectivity index (χ0v) is 11.2. The molecule has 2 rings (SSSR count). The van der Waals surface area contributed by atoms with E-state index in [1.54, 1.807) is 7.11 Å². The van der Waals surface area contributed by atoms with Gasteiger partial charge in [-0.25, -0.2) is 0 Å². The van der Waals surface area contributed by atoms with Gasteiger partial charge in [0.2, 0.25) is 0 Å². The van der Waals surface area contributed by atoms with Crippen molar-refractivity contribution in [2.45, 2.75) is 13.2 Å². The van der Waals surface area contributed by atoms with Crippen LogP contribution in [0.3, 0.4) is 0 Å². The fourth-order valence-corrected chi connectivity index (χ4v) is 1.98. The summed E-state index contributed by atoms with van der Waals surface area (Å²) in [5, 5.41) is 6.06. The van der Waals surface area contributed by atoms with Crippen molar-refractivity contribution in [2.24, 2.45) is 0 Å². The average molecular weight is 264 g/mol. The molecule has 0 aromatic heterocycles. The summed E-state index contributed by atoms with van der Waals surface area (Å²) in [5.41, 5.74) is 2.99. The molecule has 0 radical (unpaired) electrons. The van der Waals surface area contributed by atoms with Gasteiger partial charge < -0.3 is 20.1 Å². The van der Waals surface area contributed by atoms with Crippen LogP contribution >= 0.6 is 0 Å². The van der Waals surface area contributed by atoms with Crippen LogP contribution in [0.5, 0.6) is 0 Å². The minimum atomic E-state index is -0.0387. The van der Waals surface area contributed by atoms with Crippen molar-refractivity contribution in [3.8, 4) is 0 Å². The van der Waals surface area contributed by atoms with Gasteiger partial charge in [-0.3, -0.25) is 4.79 Å². The Morgan fingerprint density at radius 3 is 2.95 bits per heavy atom. The van der Waals surface area contributed by atoms with Gasteiger partial charge in [-0.1, -0.05) is 6.07 Å². The highest BCUT2D eigenvalue weighted by Crippen LogP contribution is 2.20. The van der Waals surface area contributed by atoms with Gasteiger partial charge in [-0.2, -0.15) is 0 Å². The molecular formula is C14H20N2O3. The lowest BCUT2D eigenvalue weighted by Gasteiger charge is -2.07. The fourth-order valence-electron chi connectivity index (χ4n) is 1.98. The molecule has 0 atom stereocenters. The Labute approximate surface area is 113 Å². The summed E-state index contributed by atoms with van der Waals surface area (Å²) >= 11 is 0. The number of methoxy groups -OCH3 is 1. The highest BCUT2D eigenvalue weighted by Gasteiger charge is 2.13. The van der Waals surface area contributed by atoms with E-state index in [4.69, 9.17) is 9.47 Å². The first-order valence-corrected chi connectivity index (χ1v) is 6.48. The number of hydrogen-bond donors (Lipinski definition) is 2. The SMILES string of the molecule is COCCNCCNC(=O)c1ccc2c(c1)COC2. The van der Waals surface area contributed by atoms with Crippen LogP contribution in [0.4, 0.5) is 0 Å². The molecule has 2 N–H and O–H groups in total. The Bertz CT molecular complexity index is 435. The van der Waals surface area contributed by atoms with Crippen molar-refractivity contribution in [1.82, 2.24) is 10.6 Å². The Kier molecular flexibility index (Phi) is 5.32. The largest absolute Gasteiger partial charge is 0.383 e. The van der Waals surface area contributed by atoms with E-state index < -0.39 is 0 Å². The van der Waals surface area contributed by atoms with Crippen molar-refractivity contribution in [1.29, 1.82) is 0 Å². The average Bonchev–Trinajstić information content (AvgIpc) is 2.89. The molecule has 0 fully saturated rings. The van der Waals surface area contributed by atoms with Crippen molar-refractivity contribution >= 4 is 5.91 Å². The van der Waals surface area contributed by atoms with Crippen LogP contribution in [0.2, 0.25) is 0 Å². The molecule has 5 heteroatoms. The van der Waals surface area contributed by atoms with E-state index in [1.165, 1.54) is 5.56 Å². The highest BCUT2D eigenvalue weighted by molar-refractivity contribution is 5.94. The lowest BCUT2D eigenvalue weighted by molar-refractivity contribution is 0.0953. The topological polar surface area (TPSA) is 59.6 Å². The van der Waals surface area contributed by atoms with Gasteiger partial charge in [0.05, 0.1) is 19.8 Å². The summed E-state index contributed by atoms with van der Waals surface area (Å²) in [6, 6.07) is 5.73. The molecule has 1 amide bonds. The Morgan fingerprint density at radius 2 is 2.11 bits per heavy atom. The normalized spacial score (nSPS) is 13.3. The molecule has 1 aromatic carbocycles. The second-order valence-corrected chi connectivity index (χ2v) is 4.47. The van der Waals surface area contributed by atoms with Crippen molar-refractivity contribution < 1.29 is 14.3 Å². The van der Waals surface area contributed by atoms with Crippen LogP contribution in [0.1, 0.15) is 21.5 Å². The molecular weight excluding hydrogens is 244 g/mol. The summed E-state index contributed by atoms with van der Waals surface area (Å²) in [5.74, 6) is -0.0387. The molecule has 1 heterocycles. The highest BCUT2D eigenvalue weighted by atomic mass is 16.5. The van der Waals surface area contributed by atoms with Crippen molar-refractivity contribution in [3.05, 3.63) is 34.9 Å². The molecule has 0 spiro atoms. The number of ether oxygens (including phenoxy) is 2. The third kappa shape index (κ3) is 4.02. The molecule has 1 aromatic rings. The van der Waals surface area contributed by atoms with Gasteiger partial charge in [-0.15, -0.1) is 0 Å². The third-order valence-electron chi connectivity index (χ3n) is 3.05. The van der Waals surface area contributed by atoms with Crippen LogP contribution in [0.15, 0.2) is 18.2 Å². The predicted octanol–water partition coefficient (Wildman–Crippen LogP) is 0.683. The van der Waals surface area contributed by atoms with E-state index in [0.29, 0.717) is 31.9 Å². The number of carbonyl (C=O) groups is 1. The standard InChI is InChI=1S/C14H20N2O3/c1-18-7-6-15-4-5-16-14(17)11-2-3-12-9-19-10-13(12)8-11/h2-3,8,15H,4-7,9-10H2,1H3,(H,16,17). The van der Waals surface area contributed by atoms with Gasteiger partial charge in [0.25, 0.3) is 5.91 Å². The van der Waals surface area contributed by atoms with E-state index in [1.807, 2.05) is 18.2 Å². The number of fused-ring (bicyclic) bond motifs is 1. The number of amides is 1. The lowest BCUT2D eigenvalue weighted by Crippen LogP contribution is -2.33. The second-order valence-electron chi connectivity index (χ2n) is 4.47.